The fourth-order valence-electron chi connectivity index (χ4n) is 4.01. The highest BCUT2D eigenvalue weighted by molar-refractivity contribution is 8.26. The third-order valence-corrected chi connectivity index (χ3v) is 6.99. The molecule has 0 aliphatic carbocycles. The van der Waals surface area contributed by atoms with Crippen molar-refractivity contribution in [2.45, 2.75) is 19.0 Å². The summed E-state index contributed by atoms with van der Waals surface area (Å²) in [6.45, 7) is 3.93. The standard InChI is InChI=1S/C24H22F4N2O2S2/c25-20-7-6-16(14-19(20)24(26,27)28)15-3-1-4-17(13-15)18(21-22(31)29-23(33)34-21)5-2-8-30-9-11-32-12-10-30/h1,3-4,6-7,13-14H,2,5,8-12H2,(H,29,31,33)/b21-18-. The maximum absolute atomic E-state index is 13.8. The van der Waals surface area contributed by atoms with Gasteiger partial charge in [-0.15, -0.1) is 0 Å². The Balaban J connectivity index is 1.65. The molecule has 34 heavy (non-hydrogen) atoms. The van der Waals surface area contributed by atoms with E-state index in [-0.39, 0.29) is 11.5 Å². The fraction of sp³-hybridized carbons (Fsp3) is 0.333. The maximum Gasteiger partial charge on any atom is 0.419 e. The first kappa shape index (κ1) is 24.8. The molecule has 1 N–H and O–H groups in total. The van der Waals surface area contributed by atoms with Gasteiger partial charge in [0.25, 0.3) is 5.91 Å². The highest BCUT2D eigenvalue weighted by Gasteiger charge is 2.34. The summed E-state index contributed by atoms with van der Waals surface area (Å²) in [5, 5.41) is 2.64. The second kappa shape index (κ2) is 10.6. The molecule has 2 fully saturated rings. The number of hydrogen-bond donors (Lipinski definition) is 1. The van der Waals surface area contributed by atoms with E-state index >= 15 is 0 Å². The average molecular weight is 511 g/mol. The van der Waals surface area contributed by atoms with E-state index in [4.69, 9.17) is 17.0 Å². The molecule has 4 rings (SSSR count). The summed E-state index contributed by atoms with van der Waals surface area (Å²) >= 11 is 6.34. The molecule has 2 saturated heterocycles. The highest BCUT2D eigenvalue weighted by Crippen LogP contribution is 2.38. The van der Waals surface area contributed by atoms with Gasteiger partial charge in [-0.05, 0) is 59.8 Å². The quantitative estimate of drug-likeness (QED) is 0.317. The maximum atomic E-state index is 13.8. The Morgan fingerprint density at radius 3 is 2.53 bits per heavy atom. The van der Waals surface area contributed by atoms with Gasteiger partial charge in [-0.2, -0.15) is 13.2 Å². The Morgan fingerprint density at radius 1 is 1.12 bits per heavy atom. The van der Waals surface area contributed by atoms with Gasteiger partial charge in [0.15, 0.2) is 0 Å². The lowest BCUT2D eigenvalue weighted by Gasteiger charge is -2.26. The van der Waals surface area contributed by atoms with Crippen LogP contribution in [0.5, 0.6) is 0 Å². The van der Waals surface area contributed by atoms with Crippen molar-refractivity contribution in [3.8, 4) is 11.1 Å². The lowest BCUT2D eigenvalue weighted by molar-refractivity contribution is -0.140. The van der Waals surface area contributed by atoms with Crippen LogP contribution in [0.1, 0.15) is 24.0 Å². The third kappa shape index (κ3) is 5.86. The minimum absolute atomic E-state index is 0.243. The summed E-state index contributed by atoms with van der Waals surface area (Å²) in [5.41, 5.74) is 0.943. The molecule has 0 atom stereocenters. The molecule has 4 nitrogen and oxygen atoms in total. The summed E-state index contributed by atoms with van der Waals surface area (Å²) < 4.78 is 59.1. The summed E-state index contributed by atoms with van der Waals surface area (Å²) in [6, 6.07) is 9.90. The van der Waals surface area contributed by atoms with E-state index in [1.807, 2.05) is 6.07 Å². The van der Waals surface area contributed by atoms with Gasteiger partial charge < -0.3 is 10.1 Å². The first-order valence-corrected chi connectivity index (χ1v) is 12.0. The van der Waals surface area contributed by atoms with Crippen LogP contribution in [0.4, 0.5) is 17.6 Å². The zero-order valence-corrected chi connectivity index (χ0v) is 19.7. The number of nitrogens with one attached hydrogen (secondary N) is 1. The summed E-state index contributed by atoms with van der Waals surface area (Å²) in [5.74, 6) is -1.59. The minimum Gasteiger partial charge on any atom is -0.379 e. The molecule has 2 aromatic carbocycles. The van der Waals surface area contributed by atoms with E-state index in [1.165, 1.54) is 17.8 Å². The lowest BCUT2D eigenvalue weighted by atomic mass is 9.95. The van der Waals surface area contributed by atoms with Gasteiger partial charge in [-0.3, -0.25) is 9.69 Å². The van der Waals surface area contributed by atoms with Crippen LogP contribution < -0.4 is 5.32 Å². The van der Waals surface area contributed by atoms with Crippen molar-refractivity contribution in [3.63, 3.8) is 0 Å². The monoisotopic (exact) mass is 510 g/mol. The molecule has 0 radical (unpaired) electrons. The zero-order chi connectivity index (χ0) is 24.3. The topological polar surface area (TPSA) is 41.6 Å². The van der Waals surface area contributed by atoms with Crippen LogP contribution in [0.2, 0.25) is 0 Å². The molecule has 2 aromatic rings. The third-order valence-electron chi connectivity index (χ3n) is 5.71. The molecule has 0 saturated carbocycles. The van der Waals surface area contributed by atoms with Gasteiger partial charge in [0, 0.05) is 13.1 Å². The van der Waals surface area contributed by atoms with Gasteiger partial charge in [0.1, 0.15) is 10.1 Å². The summed E-state index contributed by atoms with van der Waals surface area (Å²) in [7, 11) is 0. The fourth-order valence-corrected chi connectivity index (χ4v) is 5.17. The van der Waals surface area contributed by atoms with Crippen molar-refractivity contribution in [2.75, 3.05) is 32.8 Å². The average Bonchev–Trinajstić information content (AvgIpc) is 3.14. The van der Waals surface area contributed by atoms with Gasteiger partial charge in [-0.1, -0.05) is 48.2 Å². The molecule has 10 heteroatoms. The van der Waals surface area contributed by atoms with Crippen molar-refractivity contribution >= 4 is 39.8 Å². The molecular weight excluding hydrogens is 488 g/mol. The first-order valence-electron chi connectivity index (χ1n) is 10.8. The molecule has 0 unspecified atom stereocenters. The van der Waals surface area contributed by atoms with Crippen molar-refractivity contribution in [3.05, 3.63) is 64.3 Å². The second-order valence-electron chi connectivity index (χ2n) is 7.98. The number of alkyl halides is 3. The number of carbonyl (C=O) groups excluding carboxylic acids is 1. The van der Waals surface area contributed by atoms with Crippen molar-refractivity contribution in [1.82, 2.24) is 10.2 Å². The van der Waals surface area contributed by atoms with E-state index in [9.17, 15) is 22.4 Å². The molecule has 2 aliphatic heterocycles. The number of benzene rings is 2. The number of hydrogen-bond acceptors (Lipinski definition) is 5. The van der Waals surface area contributed by atoms with E-state index in [1.54, 1.807) is 18.2 Å². The molecule has 0 bridgehead atoms. The Bertz CT molecular complexity index is 1130. The summed E-state index contributed by atoms with van der Waals surface area (Å²) in [4.78, 5) is 15.3. The Hall–Kier alpha value is -2.27. The van der Waals surface area contributed by atoms with Crippen LogP contribution in [-0.2, 0) is 15.7 Å². The molecule has 0 spiro atoms. The van der Waals surface area contributed by atoms with Crippen LogP contribution in [-0.4, -0.2) is 48.0 Å². The van der Waals surface area contributed by atoms with Crippen molar-refractivity contribution in [1.29, 1.82) is 0 Å². The predicted molar refractivity (Wildman–Crippen MR) is 129 cm³/mol. The van der Waals surface area contributed by atoms with Crippen molar-refractivity contribution in [2.24, 2.45) is 0 Å². The van der Waals surface area contributed by atoms with Gasteiger partial charge in [-0.25, -0.2) is 4.39 Å². The number of ether oxygens (including phenoxy) is 1. The highest BCUT2D eigenvalue weighted by atomic mass is 32.2. The number of halogens is 4. The van der Waals surface area contributed by atoms with Crippen LogP contribution in [0, 0.1) is 5.82 Å². The molecule has 2 heterocycles. The number of morpholine rings is 1. The number of nitrogens with zero attached hydrogens (tertiary/aromatic N) is 1. The van der Waals surface area contributed by atoms with E-state index in [0.29, 0.717) is 34.4 Å². The normalized spacial score (nSPS) is 18.8. The van der Waals surface area contributed by atoms with Gasteiger partial charge in [0.05, 0.1) is 23.7 Å². The van der Waals surface area contributed by atoms with Crippen molar-refractivity contribution < 1.29 is 27.1 Å². The minimum atomic E-state index is -4.79. The lowest BCUT2D eigenvalue weighted by Crippen LogP contribution is -2.36. The number of amides is 1. The van der Waals surface area contributed by atoms with Crippen LogP contribution in [0.25, 0.3) is 16.7 Å². The molecule has 0 aromatic heterocycles. The molecular formula is C24H22F4N2O2S2. The first-order chi connectivity index (χ1) is 16.2. The zero-order valence-electron chi connectivity index (χ0n) is 18.1. The van der Waals surface area contributed by atoms with Gasteiger partial charge in [0.2, 0.25) is 0 Å². The van der Waals surface area contributed by atoms with Gasteiger partial charge >= 0.3 is 6.18 Å². The second-order valence-corrected chi connectivity index (χ2v) is 9.67. The van der Waals surface area contributed by atoms with Crippen LogP contribution in [0.3, 0.4) is 0 Å². The number of allylic oxidation sites excluding steroid dienone is 1. The SMILES string of the molecule is O=C1NC(=S)S/C1=C(/CCCN1CCOCC1)c1cccc(-c2ccc(F)c(C(F)(F)F)c2)c1. The number of rotatable bonds is 6. The molecule has 1 amide bonds. The van der Waals surface area contributed by atoms with Crippen LogP contribution >= 0.6 is 24.0 Å². The predicted octanol–water partition coefficient (Wildman–Crippen LogP) is 5.48. The number of carbonyl (C=O) groups is 1. The Kier molecular flexibility index (Phi) is 7.71. The van der Waals surface area contributed by atoms with E-state index in [0.717, 1.165) is 49.3 Å². The van der Waals surface area contributed by atoms with Crippen LogP contribution in [0.15, 0.2) is 47.4 Å². The number of thiocarbonyl (C=S) groups is 1. The largest absolute Gasteiger partial charge is 0.419 e. The van der Waals surface area contributed by atoms with E-state index in [2.05, 4.69) is 10.2 Å². The molecule has 180 valence electrons. The smallest absolute Gasteiger partial charge is 0.379 e. The van der Waals surface area contributed by atoms with E-state index < -0.39 is 17.6 Å². The Labute approximate surface area is 204 Å². The summed E-state index contributed by atoms with van der Waals surface area (Å²) in [6.07, 6.45) is -3.41. The Morgan fingerprint density at radius 2 is 1.85 bits per heavy atom. The number of thioether (sulfide) groups is 1. The molecule has 2 aliphatic rings.